The van der Waals surface area contributed by atoms with Gasteiger partial charge in [-0.2, -0.15) is 0 Å². The first-order chi connectivity index (χ1) is 12.5. The van der Waals surface area contributed by atoms with E-state index in [0.717, 1.165) is 43.1 Å². The maximum absolute atomic E-state index is 10.1. The summed E-state index contributed by atoms with van der Waals surface area (Å²) in [5.41, 5.74) is 2.54. The molecule has 0 saturated heterocycles. The highest BCUT2D eigenvalue weighted by molar-refractivity contribution is 7.10. The SMILES string of the molecule is COc1ccc(OC[C@H](O)CN(C)C)c(CN2CCc3sccc3C2)c1. The molecule has 1 N–H and O–H groups in total. The Morgan fingerprint density at radius 3 is 2.92 bits per heavy atom. The monoisotopic (exact) mass is 376 g/mol. The van der Waals surface area contributed by atoms with E-state index < -0.39 is 6.10 Å². The third kappa shape index (κ3) is 4.98. The van der Waals surface area contributed by atoms with Crippen molar-refractivity contribution < 1.29 is 14.6 Å². The second-order valence-electron chi connectivity index (χ2n) is 7.03. The van der Waals surface area contributed by atoms with Gasteiger partial charge in [-0.25, -0.2) is 0 Å². The highest BCUT2D eigenvalue weighted by Gasteiger charge is 2.19. The summed E-state index contributed by atoms with van der Waals surface area (Å²) in [6, 6.07) is 8.12. The van der Waals surface area contributed by atoms with Crippen LogP contribution >= 0.6 is 11.3 Å². The van der Waals surface area contributed by atoms with Crippen molar-refractivity contribution in [1.29, 1.82) is 0 Å². The zero-order chi connectivity index (χ0) is 18.5. The molecule has 5 nitrogen and oxygen atoms in total. The highest BCUT2D eigenvalue weighted by atomic mass is 32.1. The summed E-state index contributed by atoms with van der Waals surface area (Å²) in [6.07, 6.45) is 0.595. The number of hydrogen-bond acceptors (Lipinski definition) is 6. The molecule has 0 amide bonds. The minimum Gasteiger partial charge on any atom is -0.497 e. The van der Waals surface area contributed by atoms with Crippen molar-refractivity contribution in [2.75, 3.05) is 40.9 Å². The van der Waals surface area contributed by atoms with E-state index in [-0.39, 0.29) is 6.61 Å². The standard InChI is InChI=1S/C20H28N2O3S/c1-21(2)13-17(23)14-25-19-5-4-18(24-3)10-16(19)12-22-8-6-20-15(11-22)7-9-26-20/h4-5,7,9-10,17,23H,6,8,11-14H2,1-3H3/t17-/m1/s1. The first-order valence-electron chi connectivity index (χ1n) is 8.95. The molecule has 0 aliphatic carbocycles. The summed E-state index contributed by atoms with van der Waals surface area (Å²) in [5.74, 6) is 1.65. The van der Waals surface area contributed by atoms with Crippen LogP contribution in [0.1, 0.15) is 16.0 Å². The van der Waals surface area contributed by atoms with Crippen LogP contribution in [0.4, 0.5) is 0 Å². The zero-order valence-corrected chi connectivity index (χ0v) is 16.6. The normalized spacial score (nSPS) is 15.7. The molecule has 1 aromatic carbocycles. The van der Waals surface area contributed by atoms with Crippen molar-refractivity contribution in [3.8, 4) is 11.5 Å². The topological polar surface area (TPSA) is 45.2 Å². The summed E-state index contributed by atoms with van der Waals surface area (Å²) in [4.78, 5) is 5.90. The summed E-state index contributed by atoms with van der Waals surface area (Å²) >= 11 is 1.86. The van der Waals surface area contributed by atoms with Gasteiger partial charge in [-0.05, 0) is 55.7 Å². The van der Waals surface area contributed by atoms with E-state index >= 15 is 0 Å². The van der Waals surface area contributed by atoms with Gasteiger partial charge in [0.05, 0.1) is 7.11 Å². The lowest BCUT2D eigenvalue weighted by molar-refractivity contribution is 0.0821. The quantitative estimate of drug-likeness (QED) is 0.767. The van der Waals surface area contributed by atoms with Crippen LogP contribution in [0.5, 0.6) is 11.5 Å². The minimum atomic E-state index is -0.511. The van der Waals surface area contributed by atoms with Crippen molar-refractivity contribution in [2.24, 2.45) is 0 Å². The van der Waals surface area contributed by atoms with E-state index in [4.69, 9.17) is 9.47 Å². The van der Waals surface area contributed by atoms with Gasteiger partial charge in [0.2, 0.25) is 0 Å². The smallest absolute Gasteiger partial charge is 0.124 e. The largest absolute Gasteiger partial charge is 0.497 e. The molecule has 3 rings (SSSR count). The van der Waals surface area contributed by atoms with Crippen molar-refractivity contribution in [3.05, 3.63) is 45.6 Å². The van der Waals surface area contributed by atoms with Gasteiger partial charge in [-0.15, -0.1) is 11.3 Å². The Morgan fingerprint density at radius 2 is 2.15 bits per heavy atom. The predicted molar refractivity (Wildman–Crippen MR) is 105 cm³/mol. The van der Waals surface area contributed by atoms with E-state index in [1.54, 1.807) is 7.11 Å². The van der Waals surface area contributed by atoms with E-state index in [1.165, 1.54) is 10.4 Å². The Bertz CT molecular complexity index is 717. The average molecular weight is 377 g/mol. The number of thiophene rings is 1. The molecule has 1 aliphatic rings. The highest BCUT2D eigenvalue weighted by Crippen LogP contribution is 2.29. The molecule has 1 atom stereocenters. The number of ether oxygens (including phenoxy) is 2. The Morgan fingerprint density at radius 1 is 1.31 bits per heavy atom. The van der Waals surface area contributed by atoms with Gasteiger partial charge in [-0.3, -0.25) is 4.90 Å². The fourth-order valence-corrected chi connectivity index (χ4v) is 4.18. The van der Waals surface area contributed by atoms with Gasteiger partial charge < -0.3 is 19.5 Å². The van der Waals surface area contributed by atoms with Gasteiger partial charge in [0, 0.05) is 36.6 Å². The average Bonchev–Trinajstić information content (AvgIpc) is 3.07. The van der Waals surface area contributed by atoms with Crippen LogP contribution in [0.2, 0.25) is 0 Å². The lowest BCUT2D eigenvalue weighted by Crippen LogP contribution is -2.31. The number of fused-ring (bicyclic) bond motifs is 1. The van der Waals surface area contributed by atoms with Crippen molar-refractivity contribution in [2.45, 2.75) is 25.6 Å². The number of rotatable bonds is 8. The molecule has 0 fully saturated rings. The molecule has 0 unspecified atom stereocenters. The van der Waals surface area contributed by atoms with Crippen LogP contribution in [0.3, 0.4) is 0 Å². The molecule has 2 heterocycles. The Balaban J connectivity index is 1.68. The van der Waals surface area contributed by atoms with E-state index in [1.807, 2.05) is 48.5 Å². The maximum Gasteiger partial charge on any atom is 0.124 e. The molecule has 0 radical (unpaired) electrons. The van der Waals surface area contributed by atoms with Gasteiger partial charge in [0.15, 0.2) is 0 Å². The third-order valence-electron chi connectivity index (χ3n) is 4.56. The number of benzene rings is 1. The molecule has 1 aliphatic heterocycles. The Labute approximate surface area is 159 Å². The number of methoxy groups -OCH3 is 1. The molecule has 6 heteroatoms. The molecule has 0 saturated carbocycles. The number of nitrogens with zero attached hydrogens (tertiary/aromatic N) is 2. The van der Waals surface area contributed by atoms with Gasteiger partial charge in [0.1, 0.15) is 24.2 Å². The lowest BCUT2D eigenvalue weighted by atomic mass is 10.1. The van der Waals surface area contributed by atoms with Gasteiger partial charge in [-0.1, -0.05) is 0 Å². The molecule has 26 heavy (non-hydrogen) atoms. The Hall–Kier alpha value is -1.60. The third-order valence-corrected chi connectivity index (χ3v) is 5.58. The Kier molecular flexibility index (Phi) is 6.53. The van der Waals surface area contributed by atoms with E-state index in [2.05, 4.69) is 16.3 Å². The van der Waals surface area contributed by atoms with Crippen molar-refractivity contribution >= 4 is 11.3 Å². The molecular formula is C20H28N2O3S. The molecular weight excluding hydrogens is 348 g/mol. The van der Waals surface area contributed by atoms with Crippen molar-refractivity contribution in [1.82, 2.24) is 9.80 Å². The van der Waals surface area contributed by atoms with Crippen LogP contribution in [-0.4, -0.2) is 61.9 Å². The van der Waals surface area contributed by atoms with Crippen molar-refractivity contribution in [3.63, 3.8) is 0 Å². The summed E-state index contributed by atoms with van der Waals surface area (Å²) in [5, 5.41) is 12.3. The minimum absolute atomic E-state index is 0.284. The van der Waals surface area contributed by atoms with E-state index in [0.29, 0.717) is 6.54 Å². The van der Waals surface area contributed by atoms with Gasteiger partial charge >= 0.3 is 0 Å². The van der Waals surface area contributed by atoms with Gasteiger partial charge in [0.25, 0.3) is 0 Å². The second kappa shape index (κ2) is 8.86. The number of likely N-dealkylation sites (N-methyl/N-ethyl adjacent to an activating group) is 1. The first kappa shape index (κ1) is 19.2. The summed E-state index contributed by atoms with van der Waals surface area (Å²) < 4.78 is 11.3. The molecule has 1 aromatic heterocycles. The fourth-order valence-electron chi connectivity index (χ4n) is 3.29. The number of aliphatic hydroxyl groups is 1. The maximum atomic E-state index is 10.1. The van der Waals surface area contributed by atoms with Crippen LogP contribution in [0, 0.1) is 0 Å². The van der Waals surface area contributed by atoms with Crippen LogP contribution in [0.15, 0.2) is 29.6 Å². The first-order valence-corrected chi connectivity index (χ1v) is 9.83. The molecule has 142 valence electrons. The fraction of sp³-hybridized carbons (Fsp3) is 0.500. The number of hydrogen-bond donors (Lipinski definition) is 1. The lowest BCUT2D eigenvalue weighted by Gasteiger charge is -2.28. The molecule has 2 aromatic rings. The van der Waals surface area contributed by atoms with E-state index in [9.17, 15) is 5.11 Å². The molecule has 0 spiro atoms. The second-order valence-corrected chi connectivity index (χ2v) is 8.03. The zero-order valence-electron chi connectivity index (χ0n) is 15.8. The van der Waals surface area contributed by atoms with Crippen LogP contribution in [-0.2, 0) is 19.5 Å². The van der Waals surface area contributed by atoms with Crippen LogP contribution < -0.4 is 9.47 Å². The molecule has 0 bridgehead atoms. The summed E-state index contributed by atoms with van der Waals surface area (Å²) in [6.45, 7) is 3.70. The predicted octanol–water partition coefficient (Wildman–Crippen LogP) is 2.62. The number of aliphatic hydroxyl groups excluding tert-OH is 1. The summed E-state index contributed by atoms with van der Waals surface area (Å²) in [7, 11) is 5.56. The van der Waals surface area contributed by atoms with Crippen LogP contribution in [0.25, 0.3) is 0 Å².